The topological polar surface area (TPSA) is 60.4 Å². The normalized spacial score (nSPS) is 34.0. The molecule has 1 spiro atoms. The van der Waals surface area contributed by atoms with E-state index in [2.05, 4.69) is 0 Å². The Morgan fingerprint density at radius 1 is 1.00 bits per heavy atom. The minimum absolute atomic E-state index is 0.119. The van der Waals surface area contributed by atoms with Gasteiger partial charge in [0.15, 0.2) is 11.6 Å². The van der Waals surface area contributed by atoms with Crippen molar-refractivity contribution >= 4 is 17.5 Å². The molecule has 0 aromatic carbocycles. The van der Waals surface area contributed by atoms with E-state index in [1.807, 2.05) is 0 Å². The van der Waals surface area contributed by atoms with Gasteiger partial charge < -0.3 is 4.74 Å². The molecule has 1 aliphatic carbocycles. The molecule has 0 N–H and O–H groups in total. The van der Waals surface area contributed by atoms with E-state index in [1.54, 1.807) is 0 Å². The molecule has 1 heterocycles. The first-order valence-electron chi connectivity index (χ1n) is 4.43. The lowest BCUT2D eigenvalue weighted by Gasteiger charge is -2.29. The van der Waals surface area contributed by atoms with E-state index in [0.29, 0.717) is 19.3 Å². The van der Waals surface area contributed by atoms with Gasteiger partial charge in [-0.25, -0.2) is 0 Å². The Bertz CT molecular complexity index is 294. The summed E-state index contributed by atoms with van der Waals surface area (Å²) < 4.78 is 4.92. The van der Waals surface area contributed by atoms with E-state index in [-0.39, 0.29) is 24.4 Å². The van der Waals surface area contributed by atoms with Crippen LogP contribution >= 0.6 is 0 Å². The molecule has 0 bridgehead atoms. The van der Waals surface area contributed by atoms with Crippen LogP contribution in [0, 0.1) is 0 Å². The zero-order chi connectivity index (χ0) is 9.47. The van der Waals surface area contributed by atoms with Crippen LogP contribution in [-0.2, 0) is 19.1 Å². The monoisotopic (exact) mass is 182 g/mol. The Morgan fingerprint density at radius 2 is 1.69 bits per heavy atom. The molecular weight excluding hydrogens is 172 g/mol. The van der Waals surface area contributed by atoms with Crippen molar-refractivity contribution in [1.29, 1.82) is 0 Å². The maximum atomic E-state index is 11.5. The Labute approximate surface area is 75.2 Å². The third-order valence-corrected chi connectivity index (χ3v) is 2.68. The van der Waals surface area contributed by atoms with E-state index < -0.39 is 11.6 Å². The third-order valence-electron chi connectivity index (χ3n) is 2.68. The molecule has 1 atom stereocenters. The molecule has 1 saturated heterocycles. The molecule has 13 heavy (non-hydrogen) atoms. The molecule has 0 amide bonds. The molecule has 4 heteroatoms. The Hall–Kier alpha value is -1.19. The van der Waals surface area contributed by atoms with Crippen LogP contribution in [0.25, 0.3) is 0 Å². The number of rotatable bonds is 0. The van der Waals surface area contributed by atoms with Crippen molar-refractivity contribution in [2.75, 3.05) is 0 Å². The quantitative estimate of drug-likeness (QED) is 0.401. The van der Waals surface area contributed by atoms with Crippen molar-refractivity contribution in [3.63, 3.8) is 0 Å². The summed E-state index contributed by atoms with van der Waals surface area (Å²) in [6.45, 7) is 0. The first-order valence-corrected chi connectivity index (χ1v) is 4.43. The molecule has 2 rings (SSSR count). The average Bonchev–Trinajstić information content (AvgIpc) is 2.43. The number of ketones is 2. The number of esters is 1. The average molecular weight is 182 g/mol. The number of carbonyl (C=O) groups excluding carboxylic acids is 3. The van der Waals surface area contributed by atoms with E-state index >= 15 is 0 Å². The summed E-state index contributed by atoms with van der Waals surface area (Å²) in [6.07, 6.45) is 1.67. The summed E-state index contributed by atoms with van der Waals surface area (Å²) in [7, 11) is 0. The molecule has 2 fully saturated rings. The van der Waals surface area contributed by atoms with Crippen LogP contribution in [0.4, 0.5) is 0 Å². The van der Waals surface area contributed by atoms with Crippen LogP contribution in [0.3, 0.4) is 0 Å². The fourth-order valence-electron chi connectivity index (χ4n) is 1.96. The summed E-state index contributed by atoms with van der Waals surface area (Å²) in [6, 6.07) is 0. The number of ether oxygens (including phenoxy) is 1. The van der Waals surface area contributed by atoms with Crippen molar-refractivity contribution < 1.29 is 19.1 Å². The standard InChI is InChI=1S/C9H10O4/c10-6-2-1-5-9(6)7(11)3-4-8(12)13-9/h1-5H2. The predicted octanol–water partition coefficient (Wildman–Crippen LogP) is 0.384. The van der Waals surface area contributed by atoms with Crippen LogP contribution in [0.1, 0.15) is 32.1 Å². The van der Waals surface area contributed by atoms with Crippen molar-refractivity contribution in [2.45, 2.75) is 37.7 Å². The zero-order valence-corrected chi connectivity index (χ0v) is 7.17. The zero-order valence-electron chi connectivity index (χ0n) is 7.17. The van der Waals surface area contributed by atoms with Gasteiger partial charge in [-0.2, -0.15) is 0 Å². The summed E-state index contributed by atoms with van der Waals surface area (Å²) in [4.78, 5) is 33.9. The summed E-state index contributed by atoms with van der Waals surface area (Å²) in [5.74, 6) is -0.852. The van der Waals surface area contributed by atoms with Gasteiger partial charge >= 0.3 is 5.97 Å². The van der Waals surface area contributed by atoms with Crippen LogP contribution in [0.2, 0.25) is 0 Å². The van der Waals surface area contributed by atoms with Gasteiger partial charge in [0.25, 0.3) is 0 Å². The lowest BCUT2D eigenvalue weighted by molar-refractivity contribution is -0.177. The summed E-state index contributed by atoms with van der Waals surface area (Å²) >= 11 is 0. The van der Waals surface area contributed by atoms with Crippen molar-refractivity contribution in [3.05, 3.63) is 0 Å². The highest BCUT2D eigenvalue weighted by atomic mass is 16.6. The Morgan fingerprint density at radius 3 is 2.31 bits per heavy atom. The molecule has 1 saturated carbocycles. The minimum Gasteiger partial charge on any atom is -0.443 e. The van der Waals surface area contributed by atoms with E-state index in [0.717, 1.165) is 0 Å². The largest absolute Gasteiger partial charge is 0.443 e. The van der Waals surface area contributed by atoms with Gasteiger partial charge in [-0.15, -0.1) is 0 Å². The van der Waals surface area contributed by atoms with Gasteiger partial charge in [0.05, 0.1) is 6.42 Å². The maximum Gasteiger partial charge on any atom is 0.307 e. The number of hydrogen-bond donors (Lipinski definition) is 0. The predicted molar refractivity (Wildman–Crippen MR) is 41.9 cm³/mol. The van der Waals surface area contributed by atoms with Crippen LogP contribution in [0.15, 0.2) is 0 Å². The Balaban J connectivity index is 2.32. The summed E-state index contributed by atoms with van der Waals surface area (Å²) in [5, 5.41) is 0. The van der Waals surface area contributed by atoms with Gasteiger partial charge in [-0.1, -0.05) is 0 Å². The van der Waals surface area contributed by atoms with Crippen LogP contribution < -0.4 is 0 Å². The lowest BCUT2D eigenvalue weighted by atomic mass is 9.90. The molecule has 0 radical (unpaired) electrons. The molecule has 4 nitrogen and oxygen atoms in total. The second-order valence-corrected chi connectivity index (χ2v) is 3.50. The molecule has 1 unspecified atom stereocenters. The molecule has 70 valence electrons. The van der Waals surface area contributed by atoms with E-state index in [4.69, 9.17) is 4.74 Å². The third kappa shape index (κ3) is 1.08. The fraction of sp³-hybridized carbons (Fsp3) is 0.667. The Kier molecular flexibility index (Phi) is 1.71. The van der Waals surface area contributed by atoms with E-state index in [1.165, 1.54) is 0 Å². The molecule has 0 aromatic heterocycles. The van der Waals surface area contributed by atoms with Gasteiger partial charge in [-0.05, 0) is 6.42 Å². The highest BCUT2D eigenvalue weighted by molar-refractivity contribution is 6.14. The van der Waals surface area contributed by atoms with Crippen LogP contribution in [0.5, 0.6) is 0 Å². The van der Waals surface area contributed by atoms with Crippen molar-refractivity contribution in [2.24, 2.45) is 0 Å². The highest BCUT2D eigenvalue weighted by Crippen LogP contribution is 2.35. The molecular formula is C9H10O4. The van der Waals surface area contributed by atoms with Crippen molar-refractivity contribution in [3.8, 4) is 0 Å². The second kappa shape index (κ2) is 2.65. The van der Waals surface area contributed by atoms with E-state index in [9.17, 15) is 14.4 Å². The molecule has 0 aromatic rings. The number of carbonyl (C=O) groups is 3. The number of hydrogen-bond acceptors (Lipinski definition) is 4. The minimum atomic E-state index is -1.37. The van der Waals surface area contributed by atoms with Gasteiger partial charge in [0.1, 0.15) is 0 Å². The number of Topliss-reactive ketones (excluding diaryl/α,β-unsaturated/α-hetero) is 2. The van der Waals surface area contributed by atoms with Gasteiger partial charge in [0.2, 0.25) is 5.60 Å². The van der Waals surface area contributed by atoms with Gasteiger partial charge in [0, 0.05) is 19.3 Å². The highest BCUT2D eigenvalue weighted by Gasteiger charge is 2.53. The lowest BCUT2D eigenvalue weighted by Crippen LogP contribution is -2.50. The molecule has 2 aliphatic rings. The molecule has 1 aliphatic heterocycles. The second-order valence-electron chi connectivity index (χ2n) is 3.50. The van der Waals surface area contributed by atoms with Crippen LogP contribution in [-0.4, -0.2) is 23.1 Å². The first kappa shape index (κ1) is 8.41. The fourth-order valence-corrected chi connectivity index (χ4v) is 1.96. The smallest absolute Gasteiger partial charge is 0.307 e. The summed E-state index contributed by atoms with van der Waals surface area (Å²) in [5.41, 5.74) is -1.37. The maximum absolute atomic E-state index is 11.5. The first-order chi connectivity index (χ1) is 6.15. The van der Waals surface area contributed by atoms with Crippen molar-refractivity contribution in [1.82, 2.24) is 0 Å². The van der Waals surface area contributed by atoms with Gasteiger partial charge in [-0.3, -0.25) is 14.4 Å². The SMILES string of the molecule is O=C1CCC(=O)C2(CCCC2=O)O1.